The topological polar surface area (TPSA) is 44.8 Å². The molecule has 0 aromatic heterocycles. The summed E-state index contributed by atoms with van der Waals surface area (Å²) in [5, 5.41) is 0.876. The third-order valence-corrected chi connectivity index (χ3v) is 4.06. The van der Waals surface area contributed by atoms with Crippen molar-refractivity contribution in [3.8, 4) is 17.2 Å². The minimum Gasteiger partial charge on any atom is -0.497 e. The van der Waals surface area contributed by atoms with Crippen molar-refractivity contribution in [1.29, 1.82) is 0 Å². The maximum Gasteiger partial charge on any atom is 0.203 e. The first-order chi connectivity index (χ1) is 11.0. The average Bonchev–Trinajstić information content (AvgIpc) is 2.55. The lowest BCUT2D eigenvalue weighted by Crippen LogP contribution is -2.13. The zero-order valence-corrected chi connectivity index (χ0v) is 14.6. The molecule has 0 fully saturated rings. The van der Waals surface area contributed by atoms with Crippen molar-refractivity contribution in [1.82, 2.24) is 0 Å². The lowest BCUT2D eigenvalue weighted by atomic mass is 10.1. The Morgan fingerprint density at radius 2 is 1.61 bits per heavy atom. The Bertz CT molecular complexity index is 732. The molecule has 122 valence electrons. The summed E-state index contributed by atoms with van der Waals surface area (Å²) < 4.78 is 15.7. The van der Waals surface area contributed by atoms with Crippen molar-refractivity contribution in [3.05, 3.63) is 51.0 Å². The predicted octanol–water partition coefficient (Wildman–Crippen LogP) is 4.93. The summed E-state index contributed by atoms with van der Waals surface area (Å²) in [5.41, 5.74) is 0.379. The van der Waals surface area contributed by atoms with Gasteiger partial charge in [0.1, 0.15) is 17.2 Å². The van der Waals surface area contributed by atoms with Crippen LogP contribution in [0.5, 0.6) is 17.2 Å². The van der Waals surface area contributed by atoms with Gasteiger partial charge in [0.25, 0.3) is 0 Å². The van der Waals surface area contributed by atoms with Crippen LogP contribution in [-0.4, -0.2) is 26.6 Å². The number of ketones is 1. The zero-order chi connectivity index (χ0) is 17.0. The van der Waals surface area contributed by atoms with Crippen LogP contribution in [0.2, 0.25) is 15.1 Å². The van der Waals surface area contributed by atoms with Gasteiger partial charge in [-0.15, -0.1) is 0 Å². The summed E-state index contributed by atoms with van der Waals surface area (Å²) in [6, 6.07) is 7.82. The fourth-order valence-corrected chi connectivity index (χ4v) is 2.46. The highest BCUT2D eigenvalue weighted by Crippen LogP contribution is 2.34. The first-order valence-electron chi connectivity index (χ1n) is 6.48. The second-order valence-corrected chi connectivity index (χ2v) is 5.70. The second kappa shape index (κ2) is 7.77. The van der Waals surface area contributed by atoms with Crippen molar-refractivity contribution in [3.63, 3.8) is 0 Å². The fraction of sp³-hybridized carbons (Fsp3) is 0.188. The number of ether oxygens (including phenoxy) is 3. The Labute approximate surface area is 148 Å². The minimum absolute atomic E-state index is 0.222. The van der Waals surface area contributed by atoms with Gasteiger partial charge in [0.2, 0.25) is 5.78 Å². The summed E-state index contributed by atoms with van der Waals surface area (Å²) >= 11 is 17.8. The highest BCUT2D eigenvalue weighted by molar-refractivity contribution is 6.43. The molecule has 0 saturated carbocycles. The molecule has 0 aliphatic rings. The standard InChI is InChI=1S/C16H13Cl3O4/c1-21-9-3-4-10(15(5-9)22-2)14(20)8-23-16-7-12(18)11(17)6-13(16)19/h3-7H,8H2,1-2H3. The van der Waals surface area contributed by atoms with E-state index in [0.717, 1.165) is 0 Å². The highest BCUT2D eigenvalue weighted by atomic mass is 35.5. The van der Waals surface area contributed by atoms with E-state index in [1.165, 1.54) is 26.4 Å². The van der Waals surface area contributed by atoms with Crippen LogP contribution in [0.15, 0.2) is 30.3 Å². The van der Waals surface area contributed by atoms with E-state index in [0.29, 0.717) is 27.1 Å². The van der Waals surface area contributed by atoms with Gasteiger partial charge in [-0.25, -0.2) is 0 Å². The maximum absolute atomic E-state index is 12.3. The molecule has 0 saturated heterocycles. The number of halogens is 3. The molecule has 0 radical (unpaired) electrons. The molecule has 0 N–H and O–H groups in total. The lowest BCUT2D eigenvalue weighted by molar-refractivity contribution is 0.0918. The molecule has 0 heterocycles. The smallest absolute Gasteiger partial charge is 0.203 e. The van der Waals surface area contributed by atoms with Crippen molar-refractivity contribution in [2.75, 3.05) is 20.8 Å². The Morgan fingerprint density at radius 1 is 0.913 bits per heavy atom. The van der Waals surface area contributed by atoms with Crippen molar-refractivity contribution >= 4 is 40.6 Å². The van der Waals surface area contributed by atoms with E-state index in [2.05, 4.69) is 0 Å². The van der Waals surface area contributed by atoms with Crippen molar-refractivity contribution < 1.29 is 19.0 Å². The van der Waals surface area contributed by atoms with Crippen LogP contribution >= 0.6 is 34.8 Å². The number of carbonyl (C=O) groups is 1. The van der Waals surface area contributed by atoms with E-state index in [-0.39, 0.29) is 23.2 Å². The van der Waals surface area contributed by atoms with Gasteiger partial charge in [0.15, 0.2) is 6.61 Å². The van der Waals surface area contributed by atoms with Gasteiger partial charge in [-0.2, -0.15) is 0 Å². The number of Topliss-reactive ketones (excluding diaryl/α,β-unsaturated/α-hetero) is 1. The molecule has 0 unspecified atom stereocenters. The number of carbonyl (C=O) groups excluding carboxylic acids is 1. The summed E-state index contributed by atoms with van der Waals surface area (Å²) in [4.78, 5) is 12.3. The number of rotatable bonds is 6. The van der Waals surface area contributed by atoms with E-state index in [9.17, 15) is 4.79 Å². The Hall–Kier alpha value is -1.62. The SMILES string of the molecule is COc1ccc(C(=O)COc2cc(Cl)c(Cl)cc2Cl)c(OC)c1. The molecule has 7 heteroatoms. The summed E-state index contributed by atoms with van der Waals surface area (Å²) in [7, 11) is 3.01. The largest absolute Gasteiger partial charge is 0.497 e. The van der Waals surface area contributed by atoms with Crippen LogP contribution in [0.1, 0.15) is 10.4 Å². The van der Waals surface area contributed by atoms with Crippen LogP contribution in [0, 0.1) is 0 Å². The first kappa shape index (κ1) is 17.7. The van der Waals surface area contributed by atoms with Crippen LogP contribution in [0.25, 0.3) is 0 Å². The molecule has 0 aliphatic carbocycles. The number of methoxy groups -OCH3 is 2. The van der Waals surface area contributed by atoms with Gasteiger partial charge < -0.3 is 14.2 Å². The van der Waals surface area contributed by atoms with E-state index in [4.69, 9.17) is 49.0 Å². The first-order valence-corrected chi connectivity index (χ1v) is 7.62. The predicted molar refractivity (Wildman–Crippen MR) is 90.8 cm³/mol. The van der Waals surface area contributed by atoms with Gasteiger partial charge >= 0.3 is 0 Å². The summed E-state index contributed by atoms with van der Waals surface area (Å²) in [5.74, 6) is 0.999. The summed E-state index contributed by atoms with van der Waals surface area (Å²) in [6.45, 7) is -0.222. The molecule has 23 heavy (non-hydrogen) atoms. The third kappa shape index (κ3) is 4.22. The van der Waals surface area contributed by atoms with Gasteiger partial charge in [-0.1, -0.05) is 34.8 Å². The molecule has 2 aromatic carbocycles. The van der Waals surface area contributed by atoms with E-state index >= 15 is 0 Å². The van der Waals surface area contributed by atoms with E-state index in [1.807, 2.05) is 0 Å². The fourth-order valence-electron chi connectivity index (χ4n) is 1.86. The molecule has 0 aliphatic heterocycles. The second-order valence-electron chi connectivity index (χ2n) is 4.47. The van der Waals surface area contributed by atoms with Crippen LogP contribution < -0.4 is 14.2 Å². The summed E-state index contributed by atoms with van der Waals surface area (Å²) in [6.07, 6.45) is 0. The normalized spacial score (nSPS) is 10.3. The number of hydrogen-bond donors (Lipinski definition) is 0. The number of benzene rings is 2. The Morgan fingerprint density at radius 3 is 2.26 bits per heavy atom. The van der Waals surface area contributed by atoms with Gasteiger partial charge in [0.05, 0.1) is 34.9 Å². The third-order valence-electron chi connectivity index (χ3n) is 3.04. The Balaban J connectivity index is 2.15. The van der Waals surface area contributed by atoms with Gasteiger partial charge in [-0.05, 0) is 18.2 Å². The molecule has 2 aromatic rings. The van der Waals surface area contributed by atoms with Crippen LogP contribution in [0.3, 0.4) is 0 Å². The van der Waals surface area contributed by atoms with Crippen LogP contribution in [0.4, 0.5) is 0 Å². The molecular formula is C16H13Cl3O4. The van der Waals surface area contributed by atoms with Crippen molar-refractivity contribution in [2.45, 2.75) is 0 Å². The minimum atomic E-state index is -0.272. The Kier molecular flexibility index (Phi) is 5.99. The van der Waals surface area contributed by atoms with E-state index < -0.39 is 0 Å². The highest BCUT2D eigenvalue weighted by Gasteiger charge is 2.15. The quantitative estimate of drug-likeness (QED) is 0.531. The van der Waals surface area contributed by atoms with Crippen molar-refractivity contribution in [2.24, 2.45) is 0 Å². The molecule has 0 spiro atoms. The molecule has 0 bridgehead atoms. The molecule has 2 rings (SSSR count). The average molecular weight is 376 g/mol. The number of hydrogen-bond acceptors (Lipinski definition) is 4. The maximum atomic E-state index is 12.3. The molecule has 0 amide bonds. The monoisotopic (exact) mass is 374 g/mol. The lowest BCUT2D eigenvalue weighted by Gasteiger charge is -2.11. The molecule has 0 atom stereocenters. The van der Waals surface area contributed by atoms with Gasteiger partial charge in [-0.3, -0.25) is 4.79 Å². The molecular weight excluding hydrogens is 363 g/mol. The van der Waals surface area contributed by atoms with Gasteiger partial charge in [0, 0.05) is 12.1 Å². The molecule has 4 nitrogen and oxygen atoms in total. The van der Waals surface area contributed by atoms with E-state index in [1.54, 1.807) is 18.2 Å². The zero-order valence-electron chi connectivity index (χ0n) is 12.4. The van der Waals surface area contributed by atoms with Crippen LogP contribution in [-0.2, 0) is 0 Å².